The number of hydrogen-bond donors (Lipinski definition) is 0. The van der Waals surface area contributed by atoms with Gasteiger partial charge in [-0.15, -0.1) is 11.3 Å². The maximum Gasteiger partial charge on any atom is 0.233 e. The monoisotopic (exact) mass is 341 g/mol. The number of hydrogen-bond acceptors (Lipinski definition) is 6. The first-order valence-electron chi connectivity index (χ1n) is 7.14. The smallest absolute Gasteiger partial charge is 0.233 e. The lowest BCUT2D eigenvalue weighted by molar-refractivity contribution is -0.130. The summed E-state index contributed by atoms with van der Waals surface area (Å²) in [5, 5.41) is 2.12. The molecule has 114 valence electrons. The van der Waals surface area contributed by atoms with E-state index in [2.05, 4.69) is 27.4 Å². The van der Waals surface area contributed by atoms with Gasteiger partial charge in [-0.2, -0.15) is 0 Å². The Morgan fingerprint density at radius 2 is 2.19 bits per heavy atom. The van der Waals surface area contributed by atoms with Crippen molar-refractivity contribution in [1.82, 2.24) is 9.80 Å². The third kappa shape index (κ3) is 4.48. The highest BCUT2D eigenvalue weighted by Gasteiger charge is 2.22. The number of amides is 1. The second kappa shape index (κ2) is 7.67. The van der Waals surface area contributed by atoms with E-state index >= 15 is 0 Å². The number of thioether (sulfide) groups is 2. The number of piperazine rings is 1. The molecular formula is C14H19N3OS3. The van der Waals surface area contributed by atoms with Gasteiger partial charge in [-0.3, -0.25) is 14.7 Å². The van der Waals surface area contributed by atoms with Crippen LogP contribution in [-0.2, 0) is 11.3 Å². The molecule has 0 aromatic carbocycles. The van der Waals surface area contributed by atoms with Crippen molar-refractivity contribution in [2.24, 2.45) is 4.99 Å². The van der Waals surface area contributed by atoms with Gasteiger partial charge >= 0.3 is 0 Å². The zero-order valence-electron chi connectivity index (χ0n) is 11.9. The molecular weight excluding hydrogens is 322 g/mol. The van der Waals surface area contributed by atoms with Crippen LogP contribution in [-0.4, -0.2) is 64.3 Å². The van der Waals surface area contributed by atoms with Gasteiger partial charge in [0.2, 0.25) is 5.91 Å². The molecule has 1 saturated heterocycles. The molecule has 1 amide bonds. The van der Waals surface area contributed by atoms with Crippen molar-refractivity contribution in [3.05, 3.63) is 22.4 Å². The van der Waals surface area contributed by atoms with Crippen molar-refractivity contribution in [2.45, 2.75) is 6.54 Å². The van der Waals surface area contributed by atoms with E-state index in [1.165, 1.54) is 4.88 Å². The summed E-state index contributed by atoms with van der Waals surface area (Å²) in [5.74, 6) is 1.86. The van der Waals surface area contributed by atoms with Gasteiger partial charge in [-0.25, -0.2) is 0 Å². The molecule has 21 heavy (non-hydrogen) atoms. The largest absolute Gasteiger partial charge is 0.339 e. The molecule has 1 fully saturated rings. The molecule has 1 aromatic heterocycles. The number of aliphatic imine (C=N–C) groups is 1. The van der Waals surface area contributed by atoms with E-state index in [1.54, 1.807) is 34.9 Å². The van der Waals surface area contributed by atoms with E-state index in [0.29, 0.717) is 5.75 Å². The molecule has 0 unspecified atom stereocenters. The Morgan fingerprint density at radius 1 is 1.33 bits per heavy atom. The van der Waals surface area contributed by atoms with Crippen molar-refractivity contribution in [2.75, 3.05) is 44.2 Å². The molecule has 3 heterocycles. The molecule has 0 bridgehead atoms. The van der Waals surface area contributed by atoms with Crippen molar-refractivity contribution < 1.29 is 4.79 Å². The number of carbonyl (C=O) groups is 1. The van der Waals surface area contributed by atoms with E-state index in [1.807, 2.05) is 4.90 Å². The molecule has 0 aliphatic carbocycles. The topological polar surface area (TPSA) is 35.9 Å². The predicted molar refractivity (Wildman–Crippen MR) is 93.4 cm³/mol. The molecule has 0 N–H and O–H groups in total. The second-order valence-corrected chi connectivity index (χ2v) is 8.36. The molecule has 0 atom stereocenters. The van der Waals surface area contributed by atoms with Crippen molar-refractivity contribution in [3.8, 4) is 0 Å². The van der Waals surface area contributed by atoms with Gasteiger partial charge in [0.15, 0.2) is 0 Å². The molecule has 4 nitrogen and oxygen atoms in total. The van der Waals surface area contributed by atoms with Gasteiger partial charge < -0.3 is 4.90 Å². The van der Waals surface area contributed by atoms with Gasteiger partial charge in [-0.05, 0) is 11.4 Å². The minimum Gasteiger partial charge on any atom is -0.339 e. The Balaban J connectivity index is 1.39. The summed E-state index contributed by atoms with van der Waals surface area (Å²) in [6, 6.07) is 4.28. The van der Waals surface area contributed by atoms with Gasteiger partial charge in [-0.1, -0.05) is 29.6 Å². The lowest BCUT2D eigenvalue weighted by atomic mass is 10.3. The first-order valence-corrected chi connectivity index (χ1v) is 9.99. The van der Waals surface area contributed by atoms with Gasteiger partial charge in [0.25, 0.3) is 0 Å². The maximum absolute atomic E-state index is 12.2. The second-order valence-electron chi connectivity index (χ2n) is 5.02. The third-order valence-electron chi connectivity index (χ3n) is 3.56. The Kier molecular flexibility index (Phi) is 5.62. The Morgan fingerprint density at radius 3 is 2.86 bits per heavy atom. The number of carbonyl (C=O) groups excluding carboxylic acids is 1. The average molecular weight is 342 g/mol. The first kappa shape index (κ1) is 15.4. The number of nitrogens with zero attached hydrogens (tertiary/aromatic N) is 3. The summed E-state index contributed by atoms with van der Waals surface area (Å²) in [7, 11) is 0. The first-order chi connectivity index (χ1) is 10.3. The fourth-order valence-electron chi connectivity index (χ4n) is 2.40. The average Bonchev–Trinajstić information content (AvgIpc) is 3.19. The Bertz CT molecular complexity index is 496. The quantitative estimate of drug-likeness (QED) is 0.841. The molecule has 0 radical (unpaired) electrons. The van der Waals surface area contributed by atoms with Crippen LogP contribution in [0.15, 0.2) is 22.5 Å². The molecule has 2 aliphatic heterocycles. The summed E-state index contributed by atoms with van der Waals surface area (Å²) in [6.45, 7) is 5.58. The summed E-state index contributed by atoms with van der Waals surface area (Å²) in [4.78, 5) is 22.4. The van der Waals surface area contributed by atoms with Crippen LogP contribution < -0.4 is 0 Å². The highest BCUT2D eigenvalue weighted by Crippen LogP contribution is 2.22. The van der Waals surface area contributed by atoms with Crippen LogP contribution in [0.1, 0.15) is 4.88 Å². The van der Waals surface area contributed by atoms with Crippen LogP contribution in [0.3, 0.4) is 0 Å². The van der Waals surface area contributed by atoms with E-state index < -0.39 is 0 Å². The van der Waals surface area contributed by atoms with Crippen LogP contribution in [0.2, 0.25) is 0 Å². The highest BCUT2D eigenvalue weighted by atomic mass is 32.2. The zero-order valence-corrected chi connectivity index (χ0v) is 14.3. The molecule has 1 aromatic rings. The van der Waals surface area contributed by atoms with E-state index in [0.717, 1.165) is 49.4 Å². The number of rotatable bonds is 4. The van der Waals surface area contributed by atoms with Gasteiger partial charge in [0.05, 0.1) is 12.3 Å². The summed E-state index contributed by atoms with van der Waals surface area (Å²) >= 11 is 5.17. The van der Waals surface area contributed by atoms with Gasteiger partial charge in [0.1, 0.15) is 4.38 Å². The summed E-state index contributed by atoms with van der Waals surface area (Å²) < 4.78 is 1.08. The minimum atomic E-state index is 0.256. The predicted octanol–water partition coefficient (Wildman–Crippen LogP) is 2.23. The minimum absolute atomic E-state index is 0.256. The normalized spacial score (nSPS) is 19.8. The zero-order chi connectivity index (χ0) is 14.5. The number of thiophene rings is 1. The van der Waals surface area contributed by atoms with Crippen LogP contribution in [0.4, 0.5) is 0 Å². The van der Waals surface area contributed by atoms with Crippen LogP contribution >= 0.6 is 34.9 Å². The summed E-state index contributed by atoms with van der Waals surface area (Å²) in [6.07, 6.45) is 0. The lowest BCUT2D eigenvalue weighted by Crippen LogP contribution is -2.48. The summed E-state index contributed by atoms with van der Waals surface area (Å²) in [5.41, 5.74) is 0. The van der Waals surface area contributed by atoms with Crippen molar-refractivity contribution in [3.63, 3.8) is 0 Å². The van der Waals surface area contributed by atoms with Crippen LogP contribution in [0, 0.1) is 0 Å². The van der Waals surface area contributed by atoms with Crippen LogP contribution in [0.5, 0.6) is 0 Å². The molecule has 3 rings (SSSR count). The van der Waals surface area contributed by atoms with Crippen molar-refractivity contribution in [1.29, 1.82) is 0 Å². The van der Waals surface area contributed by atoms with Crippen molar-refractivity contribution >= 4 is 45.1 Å². The van der Waals surface area contributed by atoms with E-state index in [4.69, 9.17) is 0 Å². The molecule has 0 saturated carbocycles. The standard InChI is InChI=1S/C14H19N3OS3/c18-13(11-21-14-15-3-9-20-14)17-6-4-16(5-7-17)10-12-2-1-8-19-12/h1-2,8H,3-7,9-11H2. The molecule has 2 aliphatic rings. The third-order valence-corrected chi connectivity index (χ3v) is 6.66. The lowest BCUT2D eigenvalue weighted by Gasteiger charge is -2.34. The SMILES string of the molecule is O=C(CSC1=NCCS1)N1CCN(Cc2cccs2)CC1. The molecule has 0 spiro atoms. The van der Waals surface area contributed by atoms with E-state index in [9.17, 15) is 4.79 Å². The highest BCUT2D eigenvalue weighted by molar-refractivity contribution is 8.39. The fourth-order valence-corrected chi connectivity index (χ4v) is 5.05. The Hall–Kier alpha value is -0.500. The van der Waals surface area contributed by atoms with Crippen LogP contribution in [0.25, 0.3) is 0 Å². The fraction of sp³-hybridized carbons (Fsp3) is 0.571. The Labute approximate surface area is 138 Å². The van der Waals surface area contributed by atoms with E-state index in [-0.39, 0.29) is 5.91 Å². The van der Waals surface area contributed by atoms with Gasteiger partial charge in [0, 0.05) is 43.4 Å². The maximum atomic E-state index is 12.2. The molecule has 7 heteroatoms.